The zero-order valence-electron chi connectivity index (χ0n) is 19.0. The van der Waals surface area contributed by atoms with Gasteiger partial charge in [-0.15, -0.1) is 0 Å². The van der Waals surface area contributed by atoms with Crippen molar-refractivity contribution in [3.05, 3.63) is 87.4 Å². The van der Waals surface area contributed by atoms with E-state index < -0.39 is 0 Å². The lowest BCUT2D eigenvalue weighted by atomic mass is 9.97. The largest absolute Gasteiger partial charge is 0.493 e. The van der Waals surface area contributed by atoms with Gasteiger partial charge < -0.3 is 14.2 Å². The molecule has 0 fully saturated rings. The molecule has 1 heterocycles. The Morgan fingerprint density at radius 3 is 2.09 bits per heavy atom. The number of ether oxygens (including phenoxy) is 3. The van der Waals surface area contributed by atoms with Crippen LogP contribution in [-0.2, 0) is 0 Å². The number of aryl methyl sites for hydroxylation is 1. The quantitative estimate of drug-likeness (QED) is 0.423. The number of methoxy groups -OCH3 is 3. The monoisotopic (exact) mass is 508 g/mol. The van der Waals surface area contributed by atoms with Gasteiger partial charge in [-0.25, -0.2) is 5.01 Å². The molecule has 7 heteroatoms. The summed E-state index contributed by atoms with van der Waals surface area (Å²) >= 11 is 3.49. The van der Waals surface area contributed by atoms with Gasteiger partial charge in [0.2, 0.25) is 5.75 Å². The molecule has 33 heavy (non-hydrogen) atoms. The van der Waals surface area contributed by atoms with E-state index in [0.717, 1.165) is 21.3 Å². The van der Waals surface area contributed by atoms with Crippen LogP contribution in [0.5, 0.6) is 17.2 Å². The summed E-state index contributed by atoms with van der Waals surface area (Å²) < 4.78 is 17.3. The number of carbonyl (C=O) groups is 1. The normalized spacial score (nSPS) is 15.2. The summed E-state index contributed by atoms with van der Waals surface area (Å²) in [6.07, 6.45) is 0.612. The minimum atomic E-state index is -0.246. The number of halogens is 1. The van der Waals surface area contributed by atoms with Gasteiger partial charge in [-0.1, -0.05) is 57.9 Å². The molecule has 1 amide bonds. The highest BCUT2D eigenvalue weighted by Crippen LogP contribution is 2.40. The lowest BCUT2D eigenvalue weighted by Crippen LogP contribution is -2.27. The summed E-state index contributed by atoms with van der Waals surface area (Å²) in [7, 11) is 4.59. The first-order valence-electron chi connectivity index (χ1n) is 10.5. The van der Waals surface area contributed by atoms with Crippen LogP contribution in [0.2, 0.25) is 0 Å². The molecule has 0 aliphatic carbocycles. The van der Waals surface area contributed by atoms with Gasteiger partial charge in [-0.05, 0) is 42.3 Å². The Labute approximate surface area is 201 Å². The minimum absolute atomic E-state index is 0.235. The summed E-state index contributed by atoms with van der Waals surface area (Å²) in [6.45, 7) is 2.05. The average molecular weight is 509 g/mol. The SMILES string of the molecule is COc1cc(C(=O)N2N=C(c3ccc(C)cc3)C[C@H]2c2ccc(Br)cc2)cc(OC)c1OC. The van der Waals surface area contributed by atoms with Crippen LogP contribution in [0.1, 0.15) is 39.5 Å². The van der Waals surface area contributed by atoms with Crippen molar-refractivity contribution in [2.24, 2.45) is 5.10 Å². The van der Waals surface area contributed by atoms with E-state index in [1.165, 1.54) is 26.9 Å². The topological polar surface area (TPSA) is 60.4 Å². The maximum absolute atomic E-state index is 13.7. The average Bonchev–Trinajstić information content (AvgIpc) is 3.28. The molecule has 0 aromatic heterocycles. The lowest BCUT2D eigenvalue weighted by Gasteiger charge is -2.23. The van der Waals surface area contributed by atoms with Crippen LogP contribution in [-0.4, -0.2) is 38.0 Å². The van der Waals surface area contributed by atoms with Crippen LogP contribution in [0.15, 0.2) is 70.2 Å². The van der Waals surface area contributed by atoms with Gasteiger partial charge in [0, 0.05) is 16.5 Å². The second-order valence-electron chi connectivity index (χ2n) is 7.75. The highest BCUT2D eigenvalue weighted by molar-refractivity contribution is 9.10. The van der Waals surface area contributed by atoms with E-state index in [1.54, 1.807) is 17.1 Å². The molecule has 0 radical (unpaired) electrons. The molecule has 1 aliphatic rings. The van der Waals surface area contributed by atoms with Crippen molar-refractivity contribution in [2.45, 2.75) is 19.4 Å². The molecule has 0 saturated carbocycles. The Morgan fingerprint density at radius 1 is 0.939 bits per heavy atom. The fourth-order valence-electron chi connectivity index (χ4n) is 3.90. The molecule has 3 aromatic carbocycles. The molecule has 170 valence electrons. The zero-order valence-corrected chi connectivity index (χ0v) is 20.5. The van der Waals surface area contributed by atoms with E-state index >= 15 is 0 Å². The maximum Gasteiger partial charge on any atom is 0.274 e. The van der Waals surface area contributed by atoms with E-state index in [-0.39, 0.29) is 11.9 Å². The number of nitrogens with zero attached hydrogens (tertiary/aromatic N) is 2. The number of amides is 1. The summed E-state index contributed by atoms with van der Waals surface area (Å²) in [4.78, 5) is 13.7. The molecule has 0 bridgehead atoms. The summed E-state index contributed by atoms with van der Waals surface area (Å²) in [5.74, 6) is 1.03. The van der Waals surface area contributed by atoms with Crippen LogP contribution in [0.4, 0.5) is 0 Å². The number of hydrogen-bond acceptors (Lipinski definition) is 5. The molecule has 1 aliphatic heterocycles. The Hall–Kier alpha value is -3.32. The molecule has 1 atom stereocenters. The van der Waals surface area contributed by atoms with Crippen molar-refractivity contribution >= 4 is 27.5 Å². The molecule has 0 N–H and O–H groups in total. The third kappa shape index (κ3) is 4.59. The number of rotatable bonds is 6. The molecule has 0 unspecified atom stereocenters. The van der Waals surface area contributed by atoms with Gasteiger partial charge in [-0.2, -0.15) is 5.10 Å². The molecule has 3 aromatic rings. The minimum Gasteiger partial charge on any atom is -0.493 e. The first kappa shape index (κ1) is 22.9. The fourth-order valence-corrected chi connectivity index (χ4v) is 4.16. The number of carbonyl (C=O) groups excluding carboxylic acids is 1. The van der Waals surface area contributed by atoms with Crippen LogP contribution in [0, 0.1) is 6.92 Å². The highest BCUT2D eigenvalue weighted by Gasteiger charge is 2.34. The van der Waals surface area contributed by atoms with Gasteiger partial charge in [-0.3, -0.25) is 4.79 Å². The second kappa shape index (κ2) is 9.67. The van der Waals surface area contributed by atoms with Gasteiger partial charge in [0.25, 0.3) is 5.91 Å². The molecule has 0 saturated heterocycles. The summed E-state index contributed by atoms with van der Waals surface area (Å²) in [5, 5.41) is 6.33. The van der Waals surface area contributed by atoms with Crippen LogP contribution in [0.3, 0.4) is 0 Å². The summed E-state index contributed by atoms with van der Waals surface area (Å²) in [5.41, 5.74) is 4.45. The maximum atomic E-state index is 13.7. The molecular weight excluding hydrogens is 484 g/mol. The first-order valence-corrected chi connectivity index (χ1v) is 11.3. The van der Waals surface area contributed by atoms with Crippen molar-refractivity contribution in [2.75, 3.05) is 21.3 Å². The predicted molar refractivity (Wildman–Crippen MR) is 131 cm³/mol. The van der Waals surface area contributed by atoms with Crippen molar-refractivity contribution in [1.29, 1.82) is 0 Å². The van der Waals surface area contributed by atoms with Crippen molar-refractivity contribution in [3.63, 3.8) is 0 Å². The Bertz CT molecular complexity index is 1160. The number of hydrazone groups is 1. The van der Waals surface area contributed by atoms with Gasteiger partial charge in [0.1, 0.15) is 0 Å². The van der Waals surface area contributed by atoms with Gasteiger partial charge in [0.15, 0.2) is 11.5 Å². The van der Waals surface area contributed by atoms with Crippen LogP contribution < -0.4 is 14.2 Å². The van der Waals surface area contributed by atoms with E-state index in [9.17, 15) is 4.79 Å². The third-order valence-corrected chi connectivity index (χ3v) is 6.20. The van der Waals surface area contributed by atoms with E-state index in [1.807, 2.05) is 43.3 Å². The zero-order chi connectivity index (χ0) is 23.5. The van der Waals surface area contributed by atoms with Gasteiger partial charge in [0.05, 0.1) is 33.1 Å². The summed E-state index contributed by atoms with van der Waals surface area (Å²) in [6, 6.07) is 19.2. The number of hydrogen-bond donors (Lipinski definition) is 0. The first-order chi connectivity index (χ1) is 15.9. The standard InChI is InChI=1S/C26H25BrN2O4/c1-16-5-7-17(8-6-16)21-15-22(18-9-11-20(27)12-10-18)29(28-21)26(30)19-13-23(31-2)25(33-4)24(14-19)32-3/h5-14,22H,15H2,1-4H3/t22-/m0/s1. The molecular formula is C26H25BrN2O4. The predicted octanol–water partition coefficient (Wildman–Crippen LogP) is 5.77. The Morgan fingerprint density at radius 2 is 1.55 bits per heavy atom. The fraction of sp³-hybridized carbons (Fsp3) is 0.231. The smallest absolute Gasteiger partial charge is 0.274 e. The molecule has 0 spiro atoms. The van der Waals surface area contributed by atoms with E-state index in [0.29, 0.717) is 29.2 Å². The third-order valence-electron chi connectivity index (χ3n) is 5.67. The van der Waals surface area contributed by atoms with Crippen molar-refractivity contribution < 1.29 is 19.0 Å². The molecule has 6 nitrogen and oxygen atoms in total. The van der Waals surface area contributed by atoms with Crippen molar-refractivity contribution in [3.8, 4) is 17.2 Å². The van der Waals surface area contributed by atoms with Crippen LogP contribution in [0.25, 0.3) is 0 Å². The van der Waals surface area contributed by atoms with Crippen molar-refractivity contribution in [1.82, 2.24) is 5.01 Å². The lowest BCUT2D eigenvalue weighted by molar-refractivity contribution is 0.0710. The van der Waals surface area contributed by atoms with Gasteiger partial charge >= 0.3 is 0 Å². The van der Waals surface area contributed by atoms with Crippen LogP contribution >= 0.6 is 15.9 Å². The van der Waals surface area contributed by atoms with E-state index in [4.69, 9.17) is 19.3 Å². The Balaban J connectivity index is 1.77. The highest BCUT2D eigenvalue weighted by atomic mass is 79.9. The number of benzene rings is 3. The van der Waals surface area contributed by atoms with E-state index in [2.05, 4.69) is 28.1 Å². The Kier molecular flexibility index (Phi) is 6.70. The molecule has 4 rings (SSSR count). The second-order valence-corrected chi connectivity index (χ2v) is 8.66.